The van der Waals surface area contributed by atoms with Crippen LogP contribution < -0.4 is 10.5 Å². The predicted molar refractivity (Wildman–Crippen MR) is 95.8 cm³/mol. The minimum atomic E-state index is -0.671. The number of aromatic nitrogens is 1. The number of hydrogen-bond acceptors (Lipinski definition) is 4. The molecular weight excluding hydrogens is 330 g/mol. The molecule has 0 radical (unpaired) electrons. The van der Waals surface area contributed by atoms with Crippen molar-refractivity contribution in [2.45, 2.75) is 38.3 Å². The summed E-state index contributed by atoms with van der Waals surface area (Å²) in [4.78, 5) is 31.4. The Hall–Kier alpha value is -2.89. The van der Waals surface area contributed by atoms with Crippen molar-refractivity contribution in [2.75, 3.05) is 7.11 Å². The van der Waals surface area contributed by atoms with Crippen LogP contribution >= 0.6 is 0 Å². The SMILES string of the molecule is COc1nc2c(cc1C(=O)N1Cc3ccccc3C[C@@H]1C(N)=O)CCC2. The van der Waals surface area contributed by atoms with Gasteiger partial charge in [0, 0.05) is 18.7 Å². The molecule has 2 amide bonds. The number of hydrogen-bond donors (Lipinski definition) is 1. The van der Waals surface area contributed by atoms with Gasteiger partial charge in [-0.1, -0.05) is 24.3 Å². The summed E-state index contributed by atoms with van der Waals surface area (Å²) >= 11 is 0. The molecule has 6 heteroatoms. The number of benzene rings is 1. The van der Waals surface area contributed by atoms with Gasteiger partial charge < -0.3 is 15.4 Å². The third-order valence-electron chi connectivity index (χ3n) is 5.28. The highest BCUT2D eigenvalue weighted by molar-refractivity contribution is 5.99. The first-order chi connectivity index (χ1) is 12.6. The maximum atomic E-state index is 13.3. The summed E-state index contributed by atoms with van der Waals surface area (Å²) in [6.07, 6.45) is 3.28. The summed E-state index contributed by atoms with van der Waals surface area (Å²) in [7, 11) is 1.51. The molecule has 26 heavy (non-hydrogen) atoms. The van der Waals surface area contributed by atoms with E-state index in [9.17, 15) is 9.59 Å². The fourth-order valence-electron chi connectivity index (χ4n) is 3.91. The largest absolute Gasteiger partial charge is 0.480 e. The van der Waals surface area contributed by atoms with Crippen molar-refractivity contribution in [3.05, 3.63) is 58.3 Å². The van der Waals surface area contributed by atoms with Crippen LogP contribution in [0.4, 0.5) is 0 Å². The lowest BCUT2D eigenvalue weighted by molar-refractivity contribution is -0.122. The Balaban J connectivity index is 1.74. The molecule has 0 saturated heterocycles. The molecule has 2 aromatic rings. The van der Waals surface area contributed by atoms with Crippen molar-refractivity contribution in [3.8, 4) is 5.88 Å². The van der Waals surface area contributed by atoms with Gasteiger partial charge in [-0.15, -0.1) is 0 Å². The zero-order valence-electron chi connectivity index (χ0n) is 14.7. The van der Waals surface area contributed by atoms with Crippen LogP contribution in [0.2, 0.25) is 0 Å². The van der Waals surface area contributed by atoms with E-state index in [1.54, 1.807) is 4.90 Å². The van der Waals surface area contributed by atoms with E-state index in [1.807, 2.05) is 30.3 Å². The van der Waals surface area contributed by atoms with Crippen molar-refractivity contribution in [1.82, 2.24) is 9.88 Å². The average molecular weight is 351 g/mol. The van der Waals surface area contributed by atoms with Crippen LogP contribution in [0.15, 0.2) is 30.3 Å². The summed E-state index contributed by atoms with van der Waals surface area (Å²) in [6, 6.07) is 9.02. The topological polar surface area (TPSA) is 85.5 Å². The first-order valence-corrected chi connectivity index (χ1v) is 8.82. The van der Waals surface area contributed by atoms with Gasteiger partial charge in [0.1, 0.15) is 11.6 Å². The van der Waals surface area contributed by atoms with E-state index in [0.717, 1.165) is 41.6 Å². The molecule has 1 aromatic heterocycles. The number of aryl methyl sites for hydroxylation is 2. The van der Waals surface area contributed by atoms with Gasteiger partial charge in [-0.2, -0.15) is 0 Å². The second-order valence-electron chi connectivity index (χ2n) is 6.83. The summed E-state index contributed by atoms with van der Waals surface area (Å²) in [5, 5.41) is 0. The van der Waals surface area contributed by atoms with Gasteiger partial charge in [0.2, 0.25) is 11.8 Å². The summed E-state index contributed by atoms with van der Waals surface area (Å²) in [5.74, 6) is -0.443. The number of ether oxygens (including phenoxy) is 1. The number of carbonyl (C=O) groups is 2. The van der Waals surface area contributed by atoms with Crippen molar-refractivity contribution >= 4 is 11.8 Å². The van der Waals surface area contributed by atoms with Gasteiger partial charge in [-0.25, -0.2) is 4.98 Å². The normalized spacial score (nSPS) is 18.2. The summed E-state index contributed by atoms with van der Waals surface area (Å²) in [5.41, 5.74) is 10.2. The zero-order chi connectivity index (χ0) is 18.3. The number of pyridine rings is 1. The molecule has 1 aliphatic carbocycles. The molecule has 2 heterocycles. The maximum Gasteiger partial charge on any atom is 0.260 e. The minimum Gasteiger partial charge on any atom is -0.480 e. The van der Waals surface area contributed by atoms with Crippen molar-refractivity contribution in [1.29, 1.82) is 0 Å². The molecule has 4 rings (SSSR count). The van der Waals surface area contributed by atoms with E-state index < -0.39 is 11.9 Å². The van der Waals surface area contributed by atoms with Crippen LogP contribution in [0.3, 0.4) is 0 Å². The molecule has 2 aliphatic rings. The van der Waals surface area contributed by atoms with Gasteiger partial charge >= 0.3 is 0 Å². The average Bonchev–Trinajstić information content (AvgIpc) is 3.12. The van der Waals surface area contributed by atoms with Gasteiger partial charge in [-0.05, 0) is 42.0 Å². The Kier molecular flexibility index (Phi) is 4.11. The molecule has 0 fully saturated rings. The molecule has 0 unspecified atom stereocenters. The maximum absolute atomic E-state index is 13.3. The van der Waals surface area contributed by atoms with E-state index in [4.69, 9.17) is 10.5 Å². The van der Waals surface area contributed by atoms with Crippen molar-refractivity contribution in [2.24, 2.45) is 5.73 Å². The lowest BCUT2D eigenvalue weighted by Crippen LogP contribution is -2.51. The molecule has 134 valence electrons. The number of rotatable bonds is 3. The number of nitrogens with zero attached hydrogens (tertiary/aromatic N) is 2. The molecule has 1 aliphatic heterocycles. The highest BCUT2D eigenvalue weighted by Crippen LogP contribution is 2.30. The first kappa shape index (κ1) is 16.6. The Morgan fingerprint density at radius 2 is 1.96 bits per heavy atom. The molecule has 1 atom stereocenters. The van der Waals surface area contributed by atoms with Crippen LogP contribution in [0, 0.1) is 0 Å². The molecule has 6 nitrogen and oxygen atoms in total. The fourth-order valence-corrected chi connectivity index (χ4v) is 3.91. The van der Waals surface area contributed by atoms with Crippen LogP contribution in [0.5, 0.6) is 5.88 Å². The highest BCUT2D eigenvalue weighted by Gasteiger charge is 2.35. The Bertz CT molecular complexity index is 894. The van der Waals surface area contributed by atoms with E-state index in [1.165, 1.54) is 7.11 Å². The van der Waals surface area contributed by atoms with E-state index in [0.29, 0.717) is 24.4 Å². The van der Waals surface area contributed by atoms with Crippen LogP contribution in [-0.4, -0.2) is 34.8 Å². The molecule has 0 bridgehead atoms. The molecule has 0 spiro atoms. The fraction of sp³-hybridized carbons (Fsp3) is 0.350. The lowest BCUT2D eigenvalue weighted by Gasteiger charge is -2.35. The minimum absolute atomic E-state index is 0.262. The lowest BCUT2D eigenvalue weighted by atomic mass is 9.93. The number of amides is 2. The van der Waals surface area contributed by atoms with E-state index in [-0.39, 0.29) is 5.91 Å². The highest BCUT2D eigenvalue weighted by atomic mass is 16.5. The first-order valence-electron chi connectivity index (χ1n) is 8.82. The second-order valence-corrected chi connectivity index (χ2v) is 6.83. The smallest absolute Gasteiger partial charge is 0.260 e. The van der Waals surface area contributed by atoms with Crippen molar-refractivity contribution in [3.63, 3.8) is 0 Å². The number of carbonyl (C=O) groups excluding carboxylic acids is 2. The molecule has 1 aromatic carbocycles. The van der Waals surface area contributed by atoms with E-state index >= 15 is 0 Å². The van der Waals surface area contributed by atoms with E-state index in [2.05, 4.69) is 4.98 Å². The Morgan fingerprint density at radius 1 is 1.19 bits per heavy atom. The van der Waals surface area contributed by atoms with Gasteiger partial charge in [-0.3, -0.25) is 9.59 Å². The number of primary amides is 1. The zero-order valence-corrected chi connectivity index (χ0v) is 14.7. The van der Waals surface area contributed by atoms with Crippen LogP contribution in [0.1, 0.15) is 39.2 Å². The summed E-state index contributed by atoms with van der Waals surface area (Å²) < 4.78 is 5.37. The number of methoxy groups -OCH3 is 1. The Morgan fingerprint density at radius 3 is 2.69 bits per heavy atom. The number of fused-ring (bicyclic) bond motifs is 2. The van der Waals surface area contributed by atoms with Crippen LogP contribution in [-0.2, 0) is 30.6 Å². The van der Waals surface area contributed by atoms with Crippen molar-refractivity contribution < 1.29 is 14.3 Å². The molecule has 2 N–H and O–H groups in total. The monoisotopic (exact) mass is 351 g/mol. The van der Waals surface area contributed by atoms with Gasteiger partial charge in [0.05, 0.1) is 7.11 Å². The van der Waals surface area contributed by atoms with Crippen LogP contribution in [0.25, 0.3) is 0 Å². The number of nitrogens with two attached hydrogens (primary N) is 1. The quantitative estimate of drug-likeness (QED) is 0.911. The second kappa shape index (κ2) is 6.44. The summed E-state index contributed by atoms with van der Waals surface area (Å²) in [6.45, 7) is 0.350. The predicted octanol–water partition coefficient (Wildman–Crippen LogP) is 1.63. The third-order valence-corrected chi connectivity index (χ3v) is 5.28. The van der Waals surface area contributed by atoms with Gasteiger partial charge in [0.15, 0.2) is 0 Å². The third kappa shape index (κ3) is 2.71. The standard InChI is InChI=1S/C20H21N3O3/c1-26-19-15(9-13-7-4-8-16(13)22-19)20(25)23-11-14-6-3-2-5-12(14)10-17(23)18(21)24/h2-3,5-6,9,17H,4,7-8,10-11H2,1H3,(H2,21,24)/t17-/m1/s1. The Labute approximate surface area is 152 Å². The molecule has 0 saturated carbocycles. The van der Waals surface area contributed by atoms with Gasteiger partial charge in [0.25, 0.3) is 5.91 Å². The molecular formula is C20H21N3O3.